The number of esters is 1. The number of hydrogen-bond acceptors (Lipinski definition) is 8. The smallest absolute Gasteiger partial charge is 0.304 e. The summed E-state index contributed by atoms with van der Waals surface area (Å²) in [6.07, 6.45) is 0. The summed E-state index contributed by atoms with van der Waals surface area (Å²) in [5, 5.41) is 29.5. The summed E-state index contributed by atoms with van der Waals surface area (Å²) in [5.41, 5.74) is 0. The molecule has 0 aromatic carbocycles. The third-order valence-electron chi connectivity index (χ3n) is 1.85. The van der Waals surface area contributed by atoms with Gasteiger partial charge in [-0.3, -0.25) is 4.79 Å². The lowest BCUT2D eigenvalue weighted by Crippen LogP contribution is -2.49. The van der Waals surface area contributed by atoms with Gasteiger partial charge in [0.05, 0.1) is 7.05 Å². The van der Waals surface area contributed by atoms with E-state index in [0.717, 1.165) is 14.0 Å². The van der Waals surface area contributed by atoms with E-state index in [9.17, 15) is 35.1 Å². The van der Waals surface area contributed by atoms with Crippen molar-refractivity contribution < 1.29 is 24.6 Å². The number of hydrogen-bond donors (Lipinski definition) is 0. The topological polar surface area (TPSA) is 165 Å². The van der Waals surface area contributed by atoms with Crippen LogP contribution in [-0.4, -0.2) is 63.2 Å². The van der Waals surface area contributed by atoms with Crippen LogP contribution in [0.5, 0.6) is 0 Å². The van der Waals surface area contributed by atoms with Crippen LogP contribution in [0.1, 0.15) is 6.92 Å². The SMILES string of the molecule is CC(=O)OCN(CN(CN(C)[N+](=O)[O-])[N+](=O)[O-])[N+](=O)[O-]. The minimum atomic E-state index is -1.04. The largest absolute Gasteiger partial charge is 0.439 e. The van der Waals surface area contributed by atoms with E-state index in [0.29, 0.717) is 5.01 Å². The van der Waals surface area contributed by atoms with Gasteiger partial charge in [-0.2, -0.15) is 0 Å². The van der Waals surface area contributed by atoms with Crippen molar-refractivity contribution in [2.24, 2.45) is 0 Å². The lowest BCUT2D eigenvalue weighted by molar-refractivity contribution is -0.737. The van der Waals surface area contributed by atoms with E-state index < -0.39 is 41.1 Å². The highest BCUT2D eigenvalue weighted by molar-refractivity contribution is 5.65. The molecule has 0 N–H and O–H groups in total. The lowest BCUT2D eigenvalue weighted by Gasteiger charge is -2.19. The van der Waals surface area contributed by atoms with Crippen LogP contribution in [0.25, 0.3) is 0 Å². The normalized spacial score (nSPS) is 9.50. The molecule has 0 atom stereocenters. The number of carbonyl (C=O) groups excluding carboxylic acids is 1. The van der Waals surface area contributed by atoms with Crippen molar-refractivity contribution in [3.05, 3.63) is 30.3 Å². The van der Waals surface area contributed by atoms with Crippen molar-refractivity contribution >= 4 is 5.97 Å². The summed E-state index contributed by atoms with van der Waals surface area (Å²) < 4.78 is 4.35. The van der Waals surface area contributed by atoms with Crippen molar-refractivity contribution in [2.75, 3.05) is 27.1 Å². The van der Waals surface area contributed by atoms with Gasteiger partial charge >= 0.3 is 5.97 Å². The highest BCUT2D eigenvalue weighted by Gasteiger charge is 2.29. The van der Waals surface area contributed by atoms with Crippen molar-refractivity contribution in [3.8, 4) is 0 Å². The van der Waals surface area contributed by atoms with Gasteiger partial charge in [-0.15, -0.1) is 5.01 Å². The first kappa shape index (κ1) is 17.1. The van der Waals surface area contributed by atoms with Crippen LogP contribution in [0.2, 0.25) is 0 Å². The molecule has 0 bridgehead atoms. The minimum Gasteiger partial charge on any atom is -0.439 e. The van der Waals surface area contributed by atoms with Gasteiger partial charge in [-0.05, 0) is 0 Å². The molecule has 0 radical (unpaired) electrons. The van der Waals surface area contributed by atoms with Crippen LogP contribution in [0.3, 0.4) is 0 Å². The van der Waals surface area contributed by atoms with Gasteiger partial charge < -0.3 is 4.74 Å². The minimum absolute atomic E-state index is 0.217. The Morgan fingerprint density at radius 1 is 1.00 bits per heavy atom. The highest BCUT2D eigenvalue weighted by Crippen LogP contribution is 1.98. The Hall–Kier alpha value is -2.93. The van der Waals surface area contributed by atoms with E-state index in [1.54, 1.807) is 0 Å². The molecule has 0 aliphatic heterocycles. The van der Waals surface area contributed by atoms with Gasteiger partial charge in [0.2, 0.25) is 20.1 Å². The van der Waals surface area contributed by atoms with E-state index in [-0.39, 0.29) is 10.0 Å². The number of hydrazine groups is 3. The van der Waals surface area contributed by atoms with Gasteiger partial charge in [0.1, 0.15) is 0 Å². The molecule has 0 aromatic rings. The quantitative estimate of drug-likeness (QED) is 0.211. The third-order valence-corrected chi connectivity index (χ3v) is 1.85. The maximum absolute atomic E-state index is 10.7. The molecule has 0 aromatic heterocycles. The Bertz CT molecular complexity index is 401. The zero-order valence-electron chi connectivity index (χ0n) is 10.6. The maximum atomic E-state index is 10.7. The fourth-order valence-corrected chi connectivity index (χ4v) is 0.929. The highest BCUT2D eigenvalue weighted by atomic mass is 16.7. The molecule has 14 heteroatoms. The predicted molar refractivity (Wildman–Crippen MR) is 58.8 cm³/mol. The summed E-state index contributed by atoms with van der Waals surface area (Å²) in [6.45, 7) is -1.53. The summed E-state index contributed by atoms with van der Waals surface area (Å²) in [5.74, 6) is -0.813. The van der Waals surface area contributed by atoms with Gasteiger partial charge in [0.25, 0.3) is 0 Å². The second-order valence-electron chi connectivity index (χ2n) is 3.43. The predicted octanol–water partition coefficient (Wildman–Crippen LogP) is -1.47. The maximum Gasteiger partial charge on any atom is 0.304 e. The van der Waals surface area contributed by atoms with Crippen molar-refractivity contribution in [2.45, 2.75) is 6.92 Å². The van der Waals surface area contributed by atoms with Crippen LogP contribution in [0, 0.1) is 30.3 Å². The molecule has 0 aliphatic rings. The molecule has 0 heterocycles. The Kier molecular flexibility index (Phi) is 6.40. The number of ether oxygens (including phenoxy) is 1. The zero-order valence-corrected chi connectivity index (χ0v) is 10.6. The average Bonchev–Trinajstić information content (AvgIpc) is 2.31. The van der Waals surface area contributed by atoms with E-state index in [4.69, 9.17) is 0 Å². The molecule has 0 fully saturated rings. The van der Waals surface area contributed by atoms with E-state index in [1.807, 2.05) is 0 Å². The molecule has 0 rings (SSSR count). The number of rotatable bonds is 9. The number of carbonyl (C=O) groups is 1. The van der Waals surface area contributed by atoms with Gasteiger partial charge in [-0.1, -0.05) is 10.0 Å². The van der Waals surface area contributed by atoms with Crippen LogP contribution >= 0.6 is 0 Å². The second kappa shape index (κ2) is 7.49. The Labute approximate surface area is 111 Å². The fraction of sp³-hybridized carbons (Fsp3) is 0.833. The average molecular weight is 296 g/mol. The first-order chi connectivity index (χ1) is 9.15. The third kappa shape index (κ3) is 6.12. The Morgan fingerprint density at radius 3 is 1.85 bits per heavy atom. The molecule has 0 saturated carbocycles. The van der Waals surface area contributed by atoms with Crippen LogP contribution in [-0.2, 0) is 9.53 Å². The molecule has 20 heavy (non-hydrogen) atoms. The monoisotopic (exact) mass is 296 g/mol. The van der Waals surface area contributed by atoms with Gasteiger partial charge in [0.15, 0.2) is 15.1 Å². The Balaban J connectivity index is 4.74. The lowest BCUT2D eigenvalue weighted by atomic mass is 10.8. The summed E-state index contributed by atoms with van der Waals surface area (Å²) >= 11 is 0. The standard InChI is InChI=1S/C6H12N6O8/c1-6(13)20-5-9(12(18)19)4-8(11(16)17)3-7(2)10(14)15/h3-5H2,1-2H3. The number of nitrogens with zero attached hydrogens (tertiary/aromatic N) is 6. The molecule has 114 valence electrons. The Morgan fingerprint density at radius 2 is 1.50 bits per heavy atom. The molecule has 0 saturated heterocycles. The summed E-state index contributed by atoms with van der Waals surface area (Å²) in [6, 6.07) is 0. The fourth-order valence-electron chi connectivity index (χ4n) is 0.929. The molecule has 0 aliphatic carbocycles. The van der Waals surface area contributed by atoms with E-state index in [2.05, 4.69) is 4.74 Å². The van der Waals surface area contributed by atoms with Crippen LogP contribution in [0.4, 0.5) is 0 Å². The summed E-state index contributed by atoms with van der Waals surface area (Å²) in [4.78, 5) is 42.2. The van der Waals surface area contributed by atoms with Crippen LogP contribution < -0.4 is 0 Å². The molecule has 14 nitrogen and oxygen atoms in total. The van der Waals surface area contributed by atoms with Crippen LogP contribution in [0.15, 0.2) is 0 Å². The van der Waals surface area contributed by atoms with E-state index >= 15 is 0 Å². The molecule has 0 spiro atoms. The van der Waals surface area contributed by atoms with Crippen molar-refractivity contribution in [3.63, 3.8) is 0 Å². The molecule has 0 unspecified atom stereocenters. The zero-order chi connectivity index (χ0) is 15.9. The molecule has 0 amide bonds. The molecular formula is C6H12N6O8. The first-order valence-corrected chi connectivity index (χ1v) is 4.92. The number of nitro groups is 3. The van der Waals surface area contributed by atoms with Crippen molar-refractivity contribution in [1.29, 1.82) is 0 Å². The van der Waals surface area contributed by atoms with Gasteiger partial charge in [0, 0.05) is 6.92 Å². The second-order valence-corrected chi connectivity index (χ2v) is 3.43. The van der Waals surface area contributed by atoms with Crippen molar-refractivity contribution in [1.82, 2.24) is 15.0 Å². The first-order valence-electron chi connectivity index (χ1n) is 4.92. The summed E-state index contributed by atoms with van der Waals surface area (Å²) in [7, 11) is 0.957. The van der Waals surface area contributed by atoms with Gasteiger partial charge in [-0.25, -0.2) is 30.3 Å². The molecular weight excluding hydrogens is 284 g/mol. The van der Waals surface area contributed by atoms with E-state index in [1.165, 1.54) is 0 Å².